The van der Waals surface area contributed by atoms with E-state index in [-0.39, 0.29) is 5.84 Å². The van der Waals surface area contributed by atoms with Crippen LogP contribution in [0.2, 0.25) is 0 Å². The number of oxime groups is 1. The monoisotopic (exact) mass is 140 g/mol. The summed E-state index contributed by atoms with van der Waals surface area (Å²) in [6, 6.07) is 0. The van der Waals surface area contributed by atoms with E-state index >= 15 is 0 Å². The predicted octanol–water partition coefficient (Wildman–Crippen LogP) is -0.187. The van der Waals surface area contributed by atoms with Crippen molar-refractivity contribution in [2.24, 2.45) is 10.9 Å². The second kappa shape index (κ2) is 2.38. The SMILES string of the molecule is Cc1cnc(C(N)=NO)[nH]1. The molecule has 1 heterocycles. The fourth-order valence-electron chi connectivity index (χ4n) is 0.590. The summed E-state index contributed by atoms with van der Waals surface area (Å²) in [7, 11) is 0. The molecule has 0 saturated carbocycles. The lowest BCUT2D eigenvalue weighted by atomic mass is 10.5. The number of aryl methyl sites for hydroxylation is 1. The van der Waals surface area contributed by atoms with E-state index in [0.717, 1.165) is 5.69 Å². The molecule has 0 aliphatic rings. The molecule has 0 bridgehead atoms. The lowest BCUT2D eigenvalue weighted by molar-refractivity contribution is 0.318. The Bertz CT molecular complexity index is 252. The third-order valence-corrected chi connectivity index (χ3v) is 1.05. The third-order valence-electron chi connectivity index (χ3n) is 1.05. The van der Waals surface area contributed by atoms with Crippen molar-refractivity contribution in [3.63, 3.8) is 0 Å². The van der Waals surface area contributed by atoms with Gasteiger partial charge in [0.15, 0.2) is 5.82 Å². The average Bonchev–Trinajstić information content (AvgIpc) is 2.34. The summed E-state index contributed by atoms with van der Waals surface area (Å²) < 4.78 is 0. The van der Waals surface area contributed by atoms with E-state index in [2.05, 4.69) is 15.1 Å². The van der Waals surface area contributed by atoms with Gasteiger partial charge in [0.05, 0.1) is 0 Å². The maximum atomic E-state index is 8.20. The van der Waals surface area contributed by atoms with Crippen LogP contribution in [0, 0.1) is 6.92 Å². The average molecular weight is 140 g/mol. The van der Waals surface area contributed by atoms with E-state index in [4.69, 9.17) is 10.9 Å². The van der Waals surface area contributed by atoms with Gasteiger partial charge in [0.25, 0.3) is 0 Å². The summed E-state index contributed by atoms with van der Waals surface area (Å²) in [6.45, 7) is 1.83. The van der Waals surface area contributed by atoms with Crippen LogP contribution >= 0.6 is 0 Å². The number of aromatic amines is 1. The first-order chi connectivity index (χ1) is 4.74. The van der Waals surface area contributed by atoms with Crippen LogP contribution in [0.4, 0.5) is 0 Å². The highest BCUT2D eigenvalue weighted by Gasteiger charge is 2.00. The molecule has 10 heavy (non-hydrogen) atoms. The number of rotatable bonds is 1. The van der Waals surface area contributed by atoms with Crippen LogP contribution in [0.1, 0.15) is 11.5 Å². The largest absolute Gasteiger partial charge is 0.409 e. The highest BCUT2D eigenvalue weighted by molar-refractivity contribution is 5.93. The molecule has 0 saturated heterocycles. The van der Waals surface area contributed by atoms with E-state index in [9.17, 15) is 0 Å². The van der Waals surface area contributed by atoms with Crippen LogP contribution in [-0.2, 0) is 0 Å². The van der Waals surface area contributed by atoms with Crippen LogP contribution < -0.4 is 5.73 Å². The first-order valence-electron chi connectivity index (χ1n) is 2.73. The number of amidine groups is 1. The number of hydrogen-bond donors (Lipinski definition) is 3. The van der Waals surface area contributed by atoms with Crippen molar-refractivity contribution in [2.75, 3.05) is 0 Å². The lowest BCUT2D eigenvalue weighted by Gasteiger charge is -1.88. The molecule has 5 heteroatoms. The van der Waals surface area contributed by atoms with E-state index < -0.39 is 0 Å². The van der Waals surface area contributed by atoms with Gasteiger partial charge in [-0.2, -0.15) is 0 Å². The number of H-pyrrole nitrogens is 1. The molecule has 4 N–H and O–H groups in total. The normalized spacial score (nSPS) is 11.9. The number of nitrogens with zero attached hydrogens (tertiary/aromatic N) is 2. The van der Waals surface area contributed by atoms with E-state index in [0.29, 0.717) is 5.82 Å². The highest BCUT2D eigenvalue weighted by atomic mass is 16.4. The molecule has 1 rings (SSSR count). The Morgan fingerprint density at radius 2 is 2.60 bits per heavy atom. The van der Waals surface area contributed by atoms with Gasteiger partial charge in [-0.1, -0.05) is 5.16 Å². The quantitative estimate of drug-likeness (QED) is 0.219. The van der Waals surface area contributed by atoms with Crippen molar-refractivity contribution < 1.29 is 5.21 Å². The summed E-state index contributed by atoms with van der Waals surface area (Å²) >= 11 is 0. The third kappa shape index (κ3) is 1.07. The van der Waals surface area contributed by atoms with E-state index in [1.165, 1.54) is 0 Å². The van der Waals surface area contributed by atoms with Crippen molar-refractivity contribution in [1.29, 1.82) is 0 Å². The van der Waals surface area contributed by atoms with Crippen molar-refractivity contribution >= 4 is 5.84 Å². The van der Waals surface area contributed by atoms with Crippen molar-refractivity contribution in [3.05, 3.63) is 17.7 Å². The maximum absolute atomic E-state index is 8.20. The van der Waals surface area contributed by atoms with Gasteiger partial charge in [0.1, 0.15) is 0 Å². The summed E-state index contributed by atoms with van der Waals surface area (Å²) in [5.41, 5.74) is 6.09. The summed E-state index contributed by atoms with van der Waals surface area (Å²) in [6.07, 6.45) is 1.60. The maximum Gasteiger partial charge on any atom is 0.205 e. The summed E-state index contributed by atoms with van der Waals surface area (Å²) in [5, 5.41) is 11.0. The molecule has 0 unspecified atom stereocenters. The van der Waals surface area contributed by atoms with Gasteiger partial charge in [-0.25, -0.2) is 4.98 Å². The lowest BCUT2D eigenvalue weighted by Crippen LogP contribution is -2.14. The number of imidazole rings is 1. The smallest absolute Gasteiger partial charge is 0.205 e. The van der Waals surface area contributed by atoms with Crippen molar-refractivity contribution in [3.8, 4) is 0 Å². The Morgan fingerprint density at radius 3 is 3.00 bits per heavy atom. The molecule has 0 aromatic carbocycles. The number of aromatic nitrogens is 2. The van der Waals surface area contributed by atoms with Gasteiger partial charge in [-0.05, 0) is 6.92 Å². The topological polar surface area (TPSA) is 87.3 Å². The van der Waals surface area contributed by atoms with Gasteiger partial charge in [-0.3, -0.25) is 0 Å². The number of nitrogens with one attached hydrogen (secondary N) is 1. The van der Waals surface area contributed by atoms with Gasteiger partial charge in [0, 0.05) is 11.9 Å². The molecule has 1 aromatic rings. The summed E-state index contributed by atoms with van der Waals surface area (Å²) in [5.74, 6) is 0.383. The van der Waals surface area contributed by atoms with Gasteiger partial charge in [0.2, 0.25) is 5.84 Å². The van der Waals surface area contributed by atoms with Crippen LogP contribution in [0.3, 0.4) is 0 Å². The molecule has 0 spiro atoms. The molecule has 1 aromatic heterocycles. The minimum Gasteiger partial charge on any atom is -0.409 e. The zero-order valence-electron chi connectivity index (χ0n) is 5.50. The van der Waals surface area contributed by atoms with Crippen molar-refractivity contribution in [1.82, 2.24) is 9.97 Å². The minimum absolute atomic E-state index is 0.00639. The second-order valence-electron chi connectivity index (χ2n) is 1.90. The standard InChI is InChI=1S/C5H8N4O/c1-3-2-7-5(8-3)4(6)9-10/h2,10H,1H3,(H2,6,9)(H,7,8). The molecule has 0 aliphatic carbocycles. The Kier molecular flexibility index (Phi) is 1.57. The Morgan fingerprint density at radius 1 is 1.90 bits per heavy atom. The van der Waals surface area contributed by atoms with Crippen LogP contribution in [-0.4, -0.2) is 21.0 Å². The van der Waals surface area contributed by atoms with Crippen LogP contribution in [0.15, 0.2) is 11.4 Å². The van der Waals surface area contributed by atoms with Gasteiger partial charge in [-0.15, -0.1) is 0 Å². The molecule has 0 aliphatic heterocycles. The van der Waals surface area contributed by atoms with E-state index in [1.54, 1.807) is 6.20 Å². The minimum atomic E-state index is -0.00639. The fourth-order valence-corrected chi connectivity index (χ4v) is 0.590. The highest BCUT2D eigenvalue weighted by Crippen LogP contribution is 1.92. The zero-order valence-corrected chi connectivity index (χ0v) is 5.50. The second-order valence-corrected chi connectivity index (χ2v) is 1.90. The zero-order chi connectivity index (χ0) is 7.56. The number of nitrogens with two attached hydrogens (primary N) is 1. The Hall–Kier alpha value is -1.52. The van der Waals surface area contributed by atoms with Gasteiger partial charge >= 0.3 is 0 Å². The molecule has 0 amide bonds. The molecule has 54 valence electrons. The molecule has 0 fully saturated rings. The first kappa shape index (κ1) is 6.60. The van der Waals surface area contributed by atoms with E-state index in [1.807, 2.05) is 6.92 Å². The van der Waals surface area contributed by atoms with Crippen LogP contribution in [0.25, 0.3) is 0 Å². The predicted molar refractivity (Wildman–Crippen MR) is 35.8 cm³/mol. The fraction of sp³-hybridized carbons (Fsp3) is 0.200. The Balaban J connectivity index is 2.95. The number of hydrogen-bond acceptors (Lipinski definition) is 3. The molecule has 0 radical (unpaired) electrons. The van der Waals surface area contributed by atoms with Crippen molar-refractivity contribution in [2.45, 2.75) is 6.92 Å². The molecule has 5 nitrogen and oxygen atoms in total. The Labute approximate surface area is 57.6 Å². The summed E-state index contributed by atoms with van der Waals surface area (Å²) in [4.78, 5) is 6.62. The van der Waals surface area contributed by atoms with Crippen LogP contribution in [0.5, 0.6) is 0 Å². The van der Waals surface area contributed by atoms with Gasteiger partial charge < -0.3 is 15.9 Å². The first-order valence-corrected chi connectivity index (χ1v) is 2.73. The molecular formula is C5H8N4O. The molecule has 0 atom stereocenters. The molecular weight excluding hydrogens is 132 g/mol.